The number of likely N-dealkylation sites (N-methyl/N-ethyl adjacent to an activating group) is 2. The number of amidine groups is 2. The van der Waals surface area contributed by atoms with Gasteiger partial charge in [0.1, 0.15) is 7.85 Å². The van der Waals surface area contributed by atoms with Crippen molar-refractivity contribution in [1.82, 2.24) is 15.0 Å². The van der Waals surface area contributed by atoms with Gasteiger partial charge < -0.3 is 14.3 Å². The highest BCUT2D eigenvalue weighted by molar-refractivity contribution is 6.32. The third-order valence-corrected chi connectivity index (χ3v) is 4.42. The van der Waals surface area contributed by atoms with Crippen LogP contribution in [-0.2, 0) is 0 Å². The maximum Gasteiger partial charge on any atom is 0.210 e. The molecule has 2 aliphatic rings. The van der Waals surface area contributed by atoms with Crippen molar-refractivity contribution in [1.29, 1.82) is 0 Å². The molecule has 6 nitrogen and oxygen atoms in total. The zero-order valence-corrected chi connectivity index (χ0v) is 13.9. The molecule has 0 amide bonds. The van der Waals surface area contributed by atoms with Gasteiger partial charge in [0, 0.05) is 27.2 Å². The van der Waals surface area contributed by atoms with E-state index in [1.807, 2.05) is 38.4 Å². The highest BCUT2D eigenvalue weighted by Crippen LogP contribution is 2.31. The number of aliphatic imine (C=N–C) groups is 2. The Bertz CT molecular complexity index is 779. The van der Waals surface area contributed by atoms with Crippen LogP contribution in [0.2, 0.25) is 0 Å². The molecular formula is C17H18BN5O. The molecule has 0 unspecified atom stereocenters. The summed E-state index contributed by atoms with van der Waals surface area (Å²) in [5.74, 6) is 2.39. The van der Waals surface area contributed by atoms with E-state index in [4.69, 9.17) is 12.4 Å². The third kappa shape index (κ3) is 2.40. The maximum absolute atomic E-state index is 5.84. The van der Waals surface area contributed by atoms with Gasteiger partial charge in [-0.05, 0) is 5.56 Å². The zero-order valence-electron chi connectivity index (χ0n) is 13.9. The summed E-state index contributed by atoms with van der Waals surface area (Å²) in [5.41, 5.74) is 3.41. The van der Waals surface area contributed by atoms with E-state index < -0.39 is 0 Å². The summed E-state index contributed by atoms with van der Waals surface area (Å²) >= 11 is 0. The number of hydrogen-bond acceptors (Lipinski definition) is 6. The summed E-state index contributed by atoms with van der Waals surface area (Å²) in [4.78, 5) is 13.4. The average molecular weight is 319 g/mol. The van der Waals surface area contributed by atoms with Crippen LogP contribution in [0.4, 0.5) is 0 Å². The van der Waals surface area contributed by atoms with Crippen LogP contribution in [0.1, 0.15) is 11.5 Å². The molecule has 7 heteroatoms. The van der Waals surface area contributed by atoms with Crippen molar-refractivity contribution < 1.29 is 4.52 Å². The topological polar surface area (TPSA) is 57.2 Å². The standard InChI is InChI=1S/C17H18BN5O/c1-22-9-7-19-16(22)14-13(11-3-5-12(18)6-4-11)15(24-21-14)17-20-8-10-23(17)2/h3-6H,7-10H2,1-2H3. The first-order valence-electron chi connectivity index (χ1n) is 8.02. The van der Waals surface area contributed by atoms with E-state index in [-0.39, 0.29) is 0 Å². The van der Waals surface area contributed by atoms with Crippen LogP contribution in [0.15, 0.2) is 38.8 Å². The van der Waals surface area contributed by atoms with E-state index in [0.29, 0.717) is 5.76 Å². The lowest BCUT2D eigenvalue weighted by Crippen LogP contribution is -2.25. The summed E-state index contributed by atoms with van der Waals surface area (Å²) in [5, 5.41) is 4.34. The van der Waals surface area contributed by atoms with Gasteiger partial charge in [-0.3, -0.25) is 9.98 Å². The smallest absolute Gasteiger partial charge is 0.210 e. The molecule has 0 N–H and O–H groups in total. The first-order chi connectivity index (χ1) is 11.6. The molecule has 2 aromatic rings. The molecule has 0 atom stereocenters. The Hall–Kier alpha value is -2.57. The van der Waals surface area contributed by atoms with E-state index in [0.717, 1.165) is 60.1 Å². The first-order valence-corrected chi connectivity index (χ1v) is 8.02. The Morgan fingerprint density at radius 1 is 0.958 bits per heavy atom. The fourth-order valence-electron chi connectivity index (χ4n) is 3.08. The van der Waals surface area contributed by atoms with Crippen molar-refractivity contribution >= 4 is 25.0 Å². The van der Waals surface area contributed by atoms with Crippen LogP contribution < -0.4 is 5.46 Å². The monoisotopic (exact) mass is 319 g/mol. The predicted octanol–water partition coefficient (Wildman–Crippen LogP) is 0.519. The minimum atomic E-state index is 0.692. The molecule has 4 rings (SSSR count). The molecule has 120 valence electrons. The molecule has 0 saturated heterocycles. The number of aromatic nitrogens is 1. The fraction of sp³-hybridized carbons (Fsp3) is 0.353. The highest BCUT2D eigenvalue weighted by Gasteiger charge is 2.30. The average Bonchev–Trinajstić information content (AvgIpc) is 3.27. The van der Waals surface area contributed by atoms with E-state index in [1.54, 1.807) is 0 Å². The quantitative estimate of drug-likeness (QED) is 0.774. The summed E-state index contributed by atoms with van der Waals surface area (Å²) in [6.07, 6.45) is 0. The molecular weight excluding hydrogens is 301 g/mol. The van der Waals surface area contributed by atoms with Gasteiger partial charge in [0.2, 0.25) is 5.76 Å². The lowest BCUT2D eigenvalue weighted by atomic mass is 9.93. The Kier molecular flexibility index (Phi) is 3.63. The van der Waals surface area contributed by atoms with Gasteiger partial charge in [-0.25, -0.2) is 0 Å². The lowest BCUT2D eigenvalue weighted by Gasteiger charge is -2.15. The number of nitrogens with zero attached hydrogens (tertiary/aromatic N) is 5. The van der Waals surface area contributed by atoms with Crippen LogP contribution in [0, 0.1) is 0 Å². The molecule has 2 radical (unpaired) electrons. The van der Waals surface area contributed by atoms with E-state index in [2.05, 4.69) is 24.9 Å². The van der Waals surface area contributed by atoms with Crippen LogP contribution in [0.3, 0.4) is 0 Å². The SMILES string of the molecule is [B]c1ccc(-c2c(C3=NCCN3C)noc2C2=NCCN2C)cc1. The summed E-state index contributed by atoms with van der Waals surface area (Å²) in [6.45, 7) is 3.31. The summed E-state index contributed by atoms with van der Waals surface area (Å²) in [6, 6.07) is 7.74. The second kappa shape index (κ2) is 5.81. The van der Waals surface area contributed by atoms with E-state index in [9.17, 15) is 0 Å². The van der Waals surface area contributed by atoms with Gasteiger partial charge in [0.25, 0.3) is 0 Å². The third-order valence-electron chi connectivity index (χ3n) is 4.42. The molecule has 0 saturated carbocycles. The number of rotatable bonds is 3. The fourth-order valence-corrected chi connectivity index (χ4v) is 3.08. The first kappa shape index (κ1) is 15.0. The van der Waals surface area contributed by atoms with Crippen molar-refractivity contribution in [2.75, 3.05) is 40.3 Å². The predicted molar refractivity (Wildman–Crippen MR) is 95.4 cm³/mol. The van der Waals surface area contributed by atoms with Gasteiger partial charge in [-0.2, -0.15) is 0 Å². The molecule has 2 aliphatic heterocycles. The lowest BCUT2D eigenvalue weighted by molar-refractivity contribution is 0.401. The van der Waals surface area contributed by atoms with Crippen molar-refractivity contribution in [2.45, 2.75) is 0 Å². The molecule has 0 aliphatic carbocycles. The highest BCUT2D eigenvalue weighted by atomic mass is 16.5. The van der Waals surface area contributed by atoms with Crippen molar-refractivity contribution in [3.8, 4) is 11.1 Å². The van der Waals surface area contributed by atoms with Crippen molar-refractivity contribution in [2.24, 2.45) is 9.98 Å². The summed E-state index contributed by atoms with van der Waals surface area (Å²) in [7, 11) is 9.88. The van der Waals surface area contributed by atoms with Gasteiger partial charge in [0.15, 0.2) is 17.4 Å². The molecule has 0 fully saturated rings. The molecule has 1 aromatic carbocycles. The Morgan fingerprint density at radius 3 is 2.17 bits per heavy atom. The minimum Gasteiger partial charge on any atom is -0.356 e. The summed E-state index contributed by atoms with van der Waals surface area (Å²) < 4.78 is 5.73. The second-order valence-electron chi connectivity index (χ2n) is 6.11. The van der Waals surface area contributed by atoms with Crippen molar-refractivity contribution in [3.05, 3.63) is 35.7 Å². The molecule has 1 aromatic heterocycles. The largest absolute Gasteiger partial charge is 0.356 e. The molecule has 0 spiro atoms. The molecule has 3 heterocycles. The minimum absolute atomic E-state index is 0.692. The van der Waals surface area contributed by atoms with Gasteiger partial charge >= 0.3 is 0 Å². The van der Waals surface area contributed by atoms with E-state index in [1.165, 1.54) is 0 Å². The number of hydrogen-bond donors (Lipinski definition) is 0. The normalized spacial score (nSPS) is 17.4. The Balaban J connectivity index is 1.89. The van der Waals surface area contributed by atoms with Gasteiger partial charge in [-0.1, -0.05) is 34.9 Å². The maximum atomic E-state index is 5.84. The van der Waals surface area contributed by atoms with Crippen LogP contribution >= 0.6 is 0 Å². The van der Waals surface area contributed by atoms with E-state index >= 15 is 0 Å². The Morgan fingerprint density at radius 2 is 1.58 bits per heavy atom. The van der Waals surface area contributed by atoms with Crippen molar-refractivity contribution in [3.63, 3.8) is 0 Å². The molecule has 24 heavy (non-hydrogen) atoms. The van der Waals surface area contributed by atoms with Crippen LogP contribution in [0.25, 0.3) is 11.1 Å². The van der Waals surface area contributed by atoms with Gasteiger partial charge in [-0.15, -0.1) is 0 Å². The number of benzene rings is 1. The molecule has 0 bridgehead atoms. The second-order valence-corrected chi connectivity index (χ2v) is 6.11. The van der Waals surface area contributed by atoms with Gasteiger partial charge in [0.05, 0.1) is 18.7 Å². The van der Waals surface area contributed by atoms with Crippen LogP contribution in [0.5, 0.6) is 0 Å². The zero-order chi connectivity index (χ0) is 16.7. The van der Waals surface area contributed by atoms with Crippen LogP contribution in [-0.4, -0.2) is 74.7 Å². The Labute approximate surface area is 142 Å².